The number of aryl methyl sites for hydroxylation is 1. The van der Waals surface area contributed by atoms with Crippen LogP contribution in [0.3, 0.4) is 0 Å². The lowest BCUT2D eigenvalue weighted by atomic mass is 9.43. The molecule has 2 bridgehead atoms. The van der Waals surface area contributed by atoms with Gasteiger partial charge in [0.15, 0.2) is 5.75 Å². The molecule has 0 aromatic heterocycles. The quantitative estimate of drug-likeness (QED) is 0.109. The summed E-state index contributed by atoms with van der Waals surface area (Å²) in [5, 5.41) is 0. The summed E-state index contributed by atoms with van der Waals surface area (Å²) in [4.78, 5) is 41.7. The predicted molar refractivity (Wildman–Crippen MR) is 194 cm³/mol. The van der Waals surface area contributed by atoms with E-state index in [1.807, 2.05) is 30.3 Å². The lowest BCUT2D eigenvalue weighted by molar-refractivity contribution is -0.199. The number of nitrogens with zero attached hydrogens (tertiary/aromatic N) is 1. The van der Waals surface area contributed by atoms with E-state index in [4.69, 9.17) is 33.0 Å². The van der Waals surface area contributed by atoms with E-state index in [0.717, 1.165) is 18.4 Å². The Labute approximate surface area is 308 Å². The molecule has 11 nitrogen and oxygen atoms in total. The zero-order valence-corrected chi connectivity index (χ0v) is 32.1. The van der Waals surface area contributed by atoms with E-state index in [1.165, 1.54) is 0 Å². The van der Waals surface area contributed by atoms with Crippen molar-refractivity contribution in [2.45, 2.75) is 130 Å². The highest BCUT2D eigenvalue weighted by Crippen LogP contribution is 2.65. The molecule has 0 spiro atoms. The molecular weight excluding hydrogens is 665 g/mol. The number of likely N-dealkylation sites (tertiary alicyclic amines) is 1. The Morgan fingerprint density at radius 2 is 1.65 bits per heavy atom. The van der Waals surface area contributed by atoms with Crippen LogP contribution in [0.2, 0.25) is 6.32 Å². The number of benzene rings is 2. The molecule has 5 fully saturated rings. The molecule has 1 amide bonds. The SMILES string of the molecule is CC(C)(C)OC(=O)Oc1c(CCB2O[C@@H]3C[C@@H]4C[C@@H](C4(C)C)[C@]3(C)O2)ccc(O[C@@H]2CCN(C(=O)OCc3ccccc3)C2)c1C(=O)OC(C)(C)C. The zero-order chi connectivity index (χ0) is 37.6. The highest BCUT2D eigenvalue weighted by Gasteiger charge is 2.67. The van der Waals surface area contributed by atoms with E-state index < -0.39 is 42.6 Å². The van der Waals surface area contributed by atoms with Gasteiger partial charge in [-0.25, -0.2) is 14.4 Å². The minimum Gasteiger partial charge on any atom is -0.487 e. The van der Waals surface area contributed by atoms with Crippen molar-refractivity contribution < 1.29 is 47.4 Å². The van der Waals surface area contributed by atoms with Crippen LogP contribution in [0.4, 0.5) is 9.59 Å². The number of carbonyl (C=O) groups is 3. The van der Waals surface area contributed by atoms with Gasteiger partial charge in [0.2, 0.25) is 0 Å². The third-order valence-corrected chi connectivity index (χ3v) is 10.9. The van der Waals surface area contributed by atoms with Gasteiger partial charge in [0.1, 0.15) is 35.2 Å². The van der Waals surface area contributed by atoms with Crippen LogP contribution in [0.15, 0.2) is 42.5 Å². The van der Waals surface area contributed by atoms with Gasteiger partial charge in [-0.15, -0.1) is 0 Å². The molecule has 12 heteroatoms. The minimum atomic E-state index is -0.960. The molecule has 7 rings (SSSR count). The molecule has 5 aliphatic rings. The van der Waals surface area contributed by atoms with Crippen molar-refractivity contribution in [1.29, 1.82) is 0 Å². The highest BCUT2D eigenvalue weighted by atomic mass is 16.7. The van der Waals surface area contributed by atoms with Crippen molar-refractivity contribution in [2.24, 2.45) is 17.3 Å². The largest absolute Gasteiger partial charge is 0.514 e. The highest BCUT2D eigenvalue weighted by molar-refractivity contribution is 6.45. The third kappa shape index (κ3) is 8.23. The Morgan fingerprint density at radius 3 is 2.33 bits per heavy atom. The Hall–Kier alpha value is -3.77. The first-order chi connectivity index (χ1) is 24.3. The number of carbonyl (C=O) groups excluding carboxylic acids is 3. The lowest BCUT2D eigenvalue weighted by Crippen LogP contribution is -2.65. The second-order valence-corrected chi connectivity index (χ2v) is 17.4. The number of hydrogen-bond acceptors (Lipinski definition) is 10. The Morgan fingerprint density at radius 1 is 0.942 bits per heavy atom. The van der Waals surface area contributed by atoms with Gasteiger partial charge < -0.3 is 37.9 Å². The maximum Gasteiger partial charge on any atom is 0.514 e. The summed E-state index contributed by atoms with van der Waals surface area (Å²) >= 11 is 0. The number of ether oxygens (including phenoxy) is 5. The minimum absolute atomic E-state index is 0.00291. The zero-order valence-electron chi connectivity index (χ0n) is 32.1. The number of hydrogen-bond donors (Lipinski definition) is 0. The van der Waals surface area contributed by atoms with E-state index in [1.54, 1.807) is 58.6 Å². The molecule has 2 aromatic carbocycles. The first kappa shape index (κ1) is 38.0. The van der Waals surface area contributed by atoms with Crippen molar-refractivity contribution in [3.8, 4) is 11.5 Å². The van der Waals surface area contributed by atoms with Crippen molar-refractivity contribution >= 4 is 25.3 Å². The van der Waals surface area contributed by atoms with Crippen LogP contribution in [-0.4, -0.2) is 72.3 Å². The maximum atomic E-state index is 14.0. The molecule has 2 aromatic rings. The molecule has 3 saturated carbocycles. The van der Waals surface area contributed by atoms with Gasteiger partial charge in [0.25, 0.3) is 0 Å². The fraction of sp³-hybridized carbons (Fsp3) is 0.625. The Balaban J connectivity index is 1.23. The molecule has 2 saturated heterocycles. The maximum absolute atomic E-state index is 14.0. The molecule has 0 N–H and O–H groups in total. The van der Waals surface area contributed by atoms with E-state index in [2.05, 4.69) is 20.8 Å². The molecule has 2 heterocycles. The van der Waals surface area contributed by atoms with Gasteiger partial charge >= 0.3 is 25.3 Å². The fourth-order valence-corrected chi connectivity index (χ4v) is 8.23. The lowest BCUT2D eigenvalue weighted by Gasteiger charge is -2.64. The molecule has 0 radical (unpaired) electrons. The van der Waals surface area contributed by atoms with E-state index in [-0.39, 0.29) is 47.3 Å². The van der Waals surface area contributed by atoms with Gasteiger partial charge in [-0.1, -0.05) is 50.2 Å². The molecule has 3 aliphatic carbocycles. The average molecular weight is 720 g/mol. The summed E-state index contributed by atoms with van der Waals surface area (Å²) in [6, 6.07) is 13.0. The fourth-order valence-electron chi connectivity index (χ4n) is 8.23. The van der Waals surface area contributed by atoms with Gasteiger partial charge in [0.05, 0.1) is 18.2 Å². The van der Waals surface area contributed by atoms with Crippen LogP contribution in [-0.2, 0) is 36.5 Å². The van der Waals surface area contributed by atoms with Gasteiger partial charge in [0, 0.05) is 13.0 Å². The van der Waals surface area contributed by atoms with Crippen molar-refractivity contribution in [3.63, 3.8) is 0 Å². The molecule has 2 aliphatic heterocycles. The molecular formula is C40H54BNO10. The number of esters is 1. The topological polar surface area (TPSA) is 119 Å². The molecule has 52 heavy (non-hydrogen) atoms. The first-order valence-electron chi connectivity index (χ1n) is 18.6. The van der Waals surface area contributed by atoms with Crippen LogP contribution in [0, 0.1) is 17.3 Å². The Kier molecular flexibility index (Phi) is 10.4. The van der Waals surface area contributed by atoms with Gasteiger partial charge in [-0.05, 0) is 108 Å². The number of rotatable bonds is 9. The molecule has 0 unspecified atom stereocenters. The van der Waals surface area contributed by atoms with Crippen molar-refractivity contribution in [1.82, 2.24) is 4.90 Å². The van der Waals surface area contributed by atoms with Crippen LogP contribution in [0.1, 0.15) is 103 Å². The smallest absolute Gasteiger partial charge is 0.487 e. The summed E-state index contributed by atoms with van der Waals surface area (Å²) in [5.74, 6) is 0.516. The molecule has 282 valence electrons. The Bertz CT molecular complexity index is 1650. The van der Waals surface area contributed by atoms with Crippen LogP contribution >= 0.6 is 0 Å². The monoisotopic (exact) mass is 719 g/mol. The third-order valence-electron chi connectivity index (χ3n) is 10.9. The second-order valence-electron chi connectivity index (χ2n) is 17.4. The summed E-state index contributed by atoms with van der Waals surface area (Å²) in [6.45, 7) is 18.2. The van der Waals surface area contributed by atoms with E-state index in [9.17, 15) is 14.4 Å². The molecule has 5 atom stereocenters. The van der Waals surface area contributed by atoms with Crippen molar-refractivity contribution in [2.75, 3.05) is 13.1 Å². The standard InChI is InChI=1S/C40H54BNO10/c1-37(2,3)49-34(43)32-29(47-28-18-20-42(23-28)35(44)46-24-25-13-11-10-12-14-25)16-15-26(33(32)48-36(45)50-38(4,5)6)17-19-41-51-31-22-27-21-30(39(27,7)8)40(31,9)52-41/h10-16,27-28,30-31H,17-24H2,1-9H3/t27-,28+,30-,31+,40-/m0/s1. The first-order valence-corrected chi connectivity index (χ1v) is 18.6. The van der Waals surface area contributed by atoms with Crippen LogP contribution < -0.4 is 9.47 Å². The van der Waals surface area contributed by atoms with E-state index >= 15 is 0 Å². The summed E-state index contributed by atoms with van der Waals surface area (Å²) < 4.78 is 42.4. The van der Waals surface area contributed by atoms with Gasteiger partial charge in [-0.2, -0.15) is 0 Å². The summed E-state index contributed by atoms with van der Waals surface area (Å²) in [5.41, 5.74) is -0.400. The summed E-state index contributed by atoms with van der Waals surface area (Å²) in [7, 11) is -0.452. The summed E-state index contributed by atoms with van der Waals surface area (Å²) in [6.07, 6.45) is 1.66. The van der Waals surface area contributed by atoms with E-state index in [0.29, 0.717) is 43.1 Å². The number of amides is 1. The van der Waals surface area contributed by atoms with Gasteiger partial charge in [-0.3, -0.25) is 0 Å². The normalized spacial score (nSPS) is 26.2. The van der Waals surface area contributed by atoms with Crippen LogP contribution in [0.5, 0.6) is 11.5 Å². The average Bonchev–Trinajstić information content (AvgIpc) is 3.65. The van der Waals surface area contributed by atoms with Crippen molar-refractivity contribution in [3.05, 3.63) is 59.2 Å². The van der Waals surface area contributed by atoms with Crippen LogP contribution in [0.25, 0.3) is 0 Å². The second kappa shape index (κ2) is 14.2. The predicted octanol–water partition coefficient (Wildman–Crippen LogP) is 8.02.